The van der Waals surface area contributed by atoms with Gasteiger partial charge in [0.2, 0.25) is 17.6 Å². The summed E-state index contributed by atoms with van der Waals surface area (Å²) in [7, 11) is 4.11. The second kappa shape index (κ2) is 8.91. The summed E-state index contributed by atoms with van der Waals surface area (Å²) in [5.41, 5.74) is 0.575. The molecular formula is C24H30F2N8O2. The maximum absolute atomic E-state index is 14.3. The SMILES string of the molecule is CC(=O)Nc1cc2c(cn1)c(N1CC(N(C)C)[C@@H](C)C1)nn2-c1cc(OC2CC2)nc(C(C)(F)F)n1. The number of likely N-dealkylation sites (N-methyl/N-ethyl adjacent to an activating group) is 1. The maximum atomic E-state index is 14.3. The monoisotopic (exact) mass is 500 g/mol. The van der Waals surface area contributed by atoms with Crippen LogP contribution in [0.2, 0.25) is 0 Å². The molecule has 1 N–H and O–H groups in total. The molecular weight excluding hydrogens is 470 g/mol. The van der Waals surface area contributed by atoms with Gasteiger partial charge in [-0.25, -0.2) is 14.6 Å². The molecule has 0 bridgehead atoms. The van der Waals surface area contributed by atoms with Gasteiger partial charge < -0.3 is 19.9 Å². The van der Waals surface area contributed by atoms with E-state index >= 15 is 0 Å². The number of alkyl halides is 2. The van der Waals surface area contributed by atoms with Crippen molar-refractivity contribution >= 4 is 28.4 Å². The van der Waals surface area contributed by atoms with E-state index in [9.17, 15) is 13.6 Å². The molecule has 0 radical (unpaired) electrons. The molecule has 2 aliphatic rings. The van der Waals surface area contributed by atoms with Gasteiger partial charge in [-0.1, -0.05) is 6.92 Å². The third-order valence-corrected chi connectivity index (χ3v) is 6.50. The Bertz CT molecular complexity index is 1300. The Morgan fingerprint density at radius 1 is 1.22 bits per heavy atom. The van der Waals surface area contributed by atoms with Crippen LogP contribution in [-0.2, 0) is 10.7 Å². The van der Waals surface area contributed by atoms with E-state index in [0.717, 1.165) is 38.2 Å². The highest BCUT2D eigenvalue weighted by molar-refractivity contribution is 5.95. The second-order valence-corrected chi connectivity index (χ2v) is 10.0. The van der Waals surface area contributed by atoms with E-state index < -0.39 is 11.7 Å². The molecule has 1 amide bonds. The molecule has 1 unspecified atom stereocenters. The van der Waals surface area contributed by atoms with E-state index in [-0.39, 0.29) is 23.7 Å². The largest absolute Gasteiger partial charge is 0.474 e. The molecule has 12 heteroatoms. The minimum Gasteiger partial charge on any atom is -0.474 e. The van der Waals surface area contributed by atoms with Crippen LogP contribution in [0.5, 0.6) is 5.88 Å². The number of nitrogens with one attached hydrogen (secondary N) is 1. The summed E-state index contributed by atoms with van der Waals surface area (Å²) in [5, 5.41) is 8.23. The minimum absolute atomic E-state index is 0.0272. The van der Waals surface area contributed by atoms with Gasteiger partial charge in [0.15, 0.2) is 11.6 Å². The van der Waals surface area contributed by atoms with Crippen LogP contribution in [0.1, 0.15) is 39.4 Å². The molecule has 2 atom stereocenters. The summed E-state index contributed by atoms with van der Waals surface area (Å²) in [6, 6.07) is 3.53. The smallest absolute Gasteiger partial charge is 0.304 e. The minimum atomic E-state index is -3.27. The molecule has 1 saturated carbocycles. The van der Waals surface area contributed by atoms with Gasteiger partial charge in [-0.3, -0.25) is 4.79 Å². The first-order valence-electron chi connectivity index (χ1n) is 12.0. The molecule has 1 aliphatic carbocycles. The number of carbonyl (C=O) groups excluding carboxylic acids is 1. The average Bonchev–Trinajstić information content (AvgIpc) is 3.39. The highest BCUT2D eigenvalue weighted by Crippen LogP contribution is 2.35. The molecule has 36 heavy (non-hydrogen) atoms. The van der Waals surface area contributed by atoms with Gasteiger partial charge in [0.05, 0.1) is 10.9 Å². The van der Waals surface area contributed by atoms with Crippen LogP contribution >= 0.6 is 0 Å². The first kappa shape index (κ1) is 24.3. The predicted molar refractivity (Wildman–Crippen MR) is 131 cm³/mol. The number of halogens is 2. The zero-order chi connectivity index (χ0) is 25.8. The fourth-order valence-corrected chi connectivity index (χ4v) is 4.58. The zero-order valence-corrected chi connectivity index (χ0v) is 21.0. The number of rotatable bonds is 7. The topological polar surface area (TPSA) is 101 Å². The Morgan fingerprint density at radius 3 is 2.58 bits per heavy atom. The predicted octanol–water partition coefficient (Wildman–Crippen LogP) is 3.21. The highest BCUT2D eigenvalue weighted by Gasteiger charge is 2.35. The van der Waals surface area contributed by atoms with Gasteiger partial charge in [-0.05, 0) is 32.9 Å². The molecule has 0 spiro atoms. The van der Waals surface area contributed by atoms with Gasteiger partial charge in [0.1, 0.15) is 11.9 Å². The number of pyridine rings is 1. The lowest BCUT2D eigenvalue weighted by molar-refractivity contribution is -0.114. The molecule has 3 aromatic rings. The molecule has 10 nitrogen and oxygen atoms in total. The van der Waals surface area contributed by atoms with Crippen LogP contribution in [0.3, 0.4) is 0 Å². The average molecular weight is 501 g/mol. The summed E-state index contributed by atoms with van der Waals surface area (Å²) in [6.45, 7) is 5.87. The molecule has 1 aliphatic heterocycles. The number of hydrogen-bond donors (Lipinski definition) is 1. The number of nitrogens with zero attached hydrogens (tertiary/aromatic N) is 7. The fraction of sp³-hybridized carbons (Fsp3) is 0.542. The Balaban J connectivity index is 1.66. The van der Waals surface area contributed by atoms with Gasteiger partial charge in [0, 0.05) is 51.3 Å². The lowest BCUT2D eigenvalue weighted by Crippen LogP contribution is -2.34. The molecule has 192 valence electrons. The van der Waals surface area contributed by atoms with Gasteiger partial charge in [-0.2, -0.15) is 13.8 Å². The molecule has 4 heterocycles. The summed E-state index contributed by atoms with van der Waals surface area (Å²) in [4.78, 5) is 28.5. The number of anilines is 2. The van der Waals surface area contributed by atoms with Crippen LogP contribution in [-0.4, -0.2) is 74.9 Å². The third-order valence-electron chi connectivity index (χ3n) is 6.50. The summed E-state index contributed by atoms with van der Waals surface area (Å²) in [5.74, 6) is -2.54. The Hall–Kier alpha value is -3.41. The van der Waals surface area contributed by atoms with Crippen LogP contribution < -0.4 is 15.0 Å². The standard InChI is InChI=1S/C24H30F2N8O2/c1-13-11-33(12-18(13)32(4)5)22-16-10-27-19(28-14(2)35)8-17(16)34(31-22)20-9-21(36-15-6-7-15)30-23(29-20)24(3,25)26/h8-10,13,15,18H,6-7,11-12H2,1-5H3,(H,27,28,35)/t13-,18?/m0/s1. The fourth-order valence-electron chi connectivity index (χ4n) is 4.58. The van der Waals surface area contributed by atoms with Crippen LogP contribution in [0, 0.1) is 5.92 Å². The highest BCUT2D eigenvalue weighted by atomic mass is 19.3. The van der Waals surface area contributed by atoms with Crippen molar-refractivity contribution in [3.63, 3.8) is 0 Å². The lowest BCUT2D eigenvalue weighted by atomic mass is 10.1. The van der Waals surface area contributed by atoms with Crippen molar-refractivity contribution in [3.05, 3.63) is 24.2 Å². The van der Waals surface area contributed by atoms with Crippen molar-refractivity contribution in [3.8, 4) is 11.7 Å². The van der Waals surface area contributed by atoms with Crippen molar-refractivity contribution in [2.24, 2.45) is 5.92 Å². The van der Waals surface area contributed by atoms with E-state index in [0.29, 0.717) is 29.1 Å². The van der Waals surface area contributed by atoms with E-state index in [4.69, 9.17) is 9.84 Å². The Morgan fingerprint density at radius 2 is 1.97 bits per heavy atom. The van der Waals surface area contributed by atoms with Gasteiger partial charge in [0.25, 0.3) is 0 Å². The first-order chi connectivity index (χ1) is 17.0. The van der Waals surface area contributed by atoms with E-state index in [1.54, 1.807) is 12.3 Å². The van der Waals surface area contributed by atoms with Gasteiger partial charge >= 0.3 is 5.92 Å². The van der Waals surface area contributed by atoms with E-state index in [2.05, 4.69) is 51.1 Å². The quantitative estimate of drug-likeness (QED) is 0.528. The third kappa shape index (κ3) is 4.81. The molecule has 3 aromatic heterocycles. The maximum Gasteiger partial charge on any atom is 0.304 e. The Kier molecular flexibility index (Phi) is 6.01. The van der Waals surface area contributed by atoms with Crippen LogP contribution in [0.25, 0.3) is 16.7 Å². The number of hydrogen-bond acceptors (Lipinski definition) is 8. The Labute approximate surface area is 207 Å². The number of amides is 1. The summed E-state index contributed by atoms with van der Waals surface area (Å²) < 4.78 is 35.9. The van der Waals surface area contributed by atoms with Crippen LogP contribution in [0.4, 0.5) is 20.4 Å². The van der Waals surface area contributed by atoms with Crippen molar-refractivity contribution in [2.75, 3.05) is 37.4 Å². The van der Waals surface area contributed by atoms with Gasteiger partial charge in [-0.15, -0.1) is 5.10 Å². The molecule has 2 fully saturated rings. The summed E-state index contributed by atoms with van der Waals surface area (Å²) in [6.07, 6.45) is 3.34. The van der Waals surface area contributed by atoms with E-state index in [1.165, 1.54) is 17.7 Å². The number of ether oxygens (including phenoxy) is 1. The number of carbonyl (C=O) groups is 1. The summed E-state index contributed by atoms with van der Waals surface area (Å²) >= 11 is 0. The number of aromatic nitrogens is 5. The van der Waals surface area contributed by atoms with Crippen molar-refractivity contribution < 1.29 is 18.3 Å². The molecule has 5 rings (SSSR count). The molecule has 1 saturated heterocycles. The van der Waals surface area contributed by atoms with E-state index in [1.807, 2.05) is 0 Å². The lowest BCUT2D eigenvalue weighted by Gasteiger charge is -2.22. The zero-order valence-electron chi connectivity index (χ0n) is 21.0. The van der Waals surface area contributed by atoms with Crippen molar-refractivity contribution in [1.82, 2.24) is 29.6 Å². The second-order valence-electron chi connectivity index (χ2n) is 10.0. The van der Waals surface area contributed by atoms with Crippen molar-refractivity contribution in [2.45, 2.75) is 51.7 Å². The van der Waals surface area contributed by atoms with Crippen LogP contribution in [0.15, 0.2) is 18.3 Å². The normalized spacial score (nSPS) is 20.4. The first-order valence-corrected chi connectivity index (χ1v) is 12.0. The van der Waals surface area contributed by atoms with Crippen molar-refractivity contribution in [1.29, 1.82) is 0 Å². The number of fused-ring (bicyclic) bond motifs is 1. The molecule has 0 aromatic carbocycles.